The average Bonchev–Trinajstić information content (AvgIpc) is 2.65. The van der Waals surface area contributed by atoms with Crippen LogP contribution < -0.4 is 14.2 Å². The van der Waals surface area contributed by atoms with E-state index in [0.717, 1.165) is 0 Å². The van der Waals surface area contributed by atoms with Crippen LogP contribution in [0.15, 0.2) is 36.4 Å². The third-order valence-electron chi connectivity index (χ3n) is 3.67. The Balaban J connectivity index is 1.51. The second kappa shape index (κ2) is 8.10. The average molecular weight is 377 g/mol. The van der Waals surface area contributed by atoms with Crippen molar-refractivity contribution in [3.63, 3.8) is 0 Å². The summed E-state index contributed by atoms with van der Waals surface area (Å²) in [6.07, 6.45) is 0. The quantitative estimate of drug-likeness (QED) is 0.568. The Morgan fingerprint density at radius 2 is 1.85 bits per heavy atom. The van der Waals surface area contributed by atoms with Crippen LogP contribution in [0.1, 0.15) is 22.8 Å². The first-order valence-corrected chi connectivity index (χ1v) is 8.38. The lowest BCUT2D eigenvalue weighted by Gasteiger charge is -2.20. The van der Waals surface area contributed by atoms with Crippen LogP contribution in [0, 0.1) is 0 Å². The number of benzene rings is 2. The van der Waals surface area contributed by atoms with Crippen molar-refractivity contribution in [3.8, 4) is 17.2 Å². The molecule has 0 N–H and O–H groups in total. The molecule has 2 aromatic rings. The van der Waals surface area contributed by atoms with Gasteiger partial charge < -0.3 is 18.9 Å². The minimum absolute atomic E-state index is 0.0333. The van der Waals surface area contributed by atoms with Crippen molar-refractivity contribution in [2.45, 2.75) is 13.5 Å². The van der Waals surface area contributed by atoms with Crippen molar-refractivity contribution in [2.24, 2.45) is 0 Å². The van der Waals surface area contributed by atoms with Gasteiger partial charge in [-0.15, -0.1) is 0 Å². The van der Waals surface area contributed by atoms with Gasteiger partial charge in [0.1, 0.15) is 25.6 Å². The molecule has 0 saturated heterocycles. The summed E-state index contributed by atoms with van der Waals surface area (Å²) in [6.45, 7) is 2.19. The minimum atomic E-state index is -0.522. The molecule has 0 bridgehead atoms. The topological polar surface area (TPSA) is 71.1 Å². The molecule has 3 rings (SSSR count). The zero-order valence-corrected chi connectivity index (χ0v) is 14.9. The summed E-state index contributed by atoms with van der Waals surface area (Å²) in [5.41, 5.74) is 1.27. The normalized spacial score (nSPS) is 12.4. The van der Waals surface area contributed by atoms with Crippen LogP contribution in [-0.2, 0) is 16.1 Å². The minimum Gasteiger partial charge on any atom is -0.486 e. The van der Waals surface area contributed by atoms with Crippen LogP contribution >= 0.6 is 11.6 Å². The fourth-order valence-corrected chi connectivity index (χ4v) is 2.67. The zero-order chi connectivity index (χ0) is 18.5. The summed E-state index contributed by atoms with van der Waals surface area (Å²) in [5, 5.41) is 0.412. The molecule has 1 heterocycles. The maximum Gasteiger partial charge on any atom is 0.344 e. The molecular weight excluding hydrogens is 360 g/mol. The van der Waals surface area contributed by atoms with Gasteiger partial charge in [0.25, 0.3) is 0 Å². The molecule has 1 aliphatic rings. The summed E-state index contributed by atoms with van der Waals surface area (Å²) < 4.78 is 21.5. The molecule has 0 atom stereocenters. The van der Waals surface area contributed by atoms with Gasteiger partial charge in [0.05, 0.1) is 5.02 Å². The molecule has 136 valence electrons. The highest BCUT2D eigenvalue weighted by atomic mass is 35.5. The van der Waals surface area contributed by atoms with E-state index in [2.05, 4.69) is 0 Å². The second-order valence-electron chi connectivity index (χ2n) is 5.63. The van der Waals surface area contributed by atoms with E-state index in [1.807, 2.05) is 0 Å². The van der Waals surface area contributed by atoms with E-state index in [-0.39, 0.29) is 19.0 Å². The molecule has 6 nitrogen and oxygen atoms in total. The predicted octanol–water partition coefficient (Wildman–Crippen LogP) is 3.44. The summed E-state index contributed by atoms with van der Waals surface area (Å²) in [5.74, 6) is 0.969. The van der Waals surface area contributed by atoms with Crippen molar-refractivity contribution < 1.29 is 28.5 Å². The Bertz CT molecular complexity index is 816. The number of rotatable bonds is 6. The van der Waals surface area contributed by atoms with Gasteiger partial charge in [-0.05, 0) is 48.9 Å². The van der Waals surface area contributed by atoms with E-state index in [4.69, 9.17) is 30.5 Å². The highest BCUT2D eigenvalue weighted by Gasteiger charge is 2.17. The van der Waals surface area contributed by atoms with Crippen LogP contribution in [0.4, 0.5) is 0 Å². The molecule has 0 unspecified atom stereocenters. The van der Waals surface area contributed by atoms with Crippen LogP contribution in [0.25, 0.3) is 0 Å². The molecule has 0 fully saturated rings. The number of carbonyl (C=O) groups excluding carboxylic acids is 2. The van der Waals surface area contributed by atoms with Gasteiger partial charge >= 0.3 is 5.97 Å². The summed E-state index contributed by atoms with van der Waals surface area (Å²) in [7, 11) is 0. The van der Waals surface area contributed by atoms with E-state index in [1.165, 1.54) is 6.92 Å². The Morgan fingerprint density at radius 1 is 1.12 bits per heavy atom. The molecule has 0 aliphatic carbocycles. The lowest BCUT2D eigenvalue weighted by atomic mass is 10.1. The number of carbonyl (C=O) groups is 2. The van der Waals surface area contributed by atoms with Crippen molar-refractivity contribution >= 4 is 23.4 Å². The van der Waals surface area contributed by atoms with Crippen molar-refractivity contribution in [2.75, 3.05) is 19.8 Å². The standard InChI is InChI=1S/C19H17ClO6/c1-12(21)14-2-4-15(5-3-14)25-11-18(22)26-10-13-8-16(20)19-17(9-13)23-6-7-24-19/h2-5,8-9H,6-7,10-11H2,1H3. The predicted molar refractivity (Wildman–Crippen MR) is 94.2 cm³/mol. The third kappa shape index (κ3) is 4.46. The lowest BCUT2D eigenvalue weighted by molar-refractivity contribution is -0.147. The second-order valence-corrected chi connectivity index (χ2v) is 6.04. The fraction of sp³-hybridized carbons (Fsp3) is 0.263. The monoisotopic (exact) mass is 376 g/mol. The fourth-order valence-electron chi connectivity index (χ4n) is 2.38. The van der Waals surface area contributed by atoms with Crippen molar-refractivity contribution in [1.82, 2.24) is 0 Å². The first-order chi connectivity index (χ1) is 12.5. The number of esters is 1. The maximum atomic E-state index is 11.8. The van der Waals surface area contributed by atoms with Crippen LogP contribution in [-0.4, -0.2) is 31.6 Å². The Hall–Kier alpha value is -2.73. The first-order valence-electron chi connectivity index (χ1n) is 8.00. The van der Waals surface area contributed by atoms with E-state index in [1.54, 1.807) is 36.4 Å². The van der Waals surface area contributed by atoms with E-state index >= 15 is 0 Å². The maximum absolute atomic E-state index is 11.8. The van der Waals surface area contributed by atoms with Gasteiger partial charge in [0, 0.05) is 5.56 Å². The van der Waals surface area contributed by atoms with E-state index in [9.17, 15) is 9.59 Å². The zero-order valence-electron chi connectivity index (χ0n) is 14.1. The molecule has 1 aliphatic heterocycles. The van der Waals surface area contributed by atoms with E-state index < -0.39 is 5.97 Å². The smallest absolute Gasteiger partial charge is 0.344 e. The highest BCUT2D eigenvalue weighted by molar-refractivity contribution is 6.32. The molecule has 2 aromatic carbocycles. The van der Waals surface area contributed by atoms with Gasteiger partial charge in [-0.1, -0.05) is 11.6 Å². The summed E-state index contributed by atoms with van der Waals surface area (Å²) in [6, 6.07) is 9.94. The van der Waals surface area contributed by atoms with Crippen molar-refractivity contribution in [3.05, 3.63) is 52.5 Å². The van der Waals surface area contributed by atoms with Gasteiger partial charge in [-0.3, -0.25) is 4.79 Å². The van der Waals surface area contributed by atoms with Gasteiger partial charge in [0.15, 0.2) is 23.9 Å². The molecule has 0 amide bonds. The highest BCUT2D eigenvalue weighted by Crippen LogP contribution is 2.38. The number of Topliss-reactive ketones (excluding diaryl/α,β-unsaturated/α-hetero) is 1. The number of ether oxygens (including phenoxy) is 4. The molecular formula is C19H17ClO6. The van der Waals surface area contributed by atoms with Gasteiger partial charge in [-0.25, -0.2) is 4.79 Å². The Morgan fingerprint density at radius 3 is 2.58 bits per heavy atom. The largest absolute Gasteiger partial charge is 0.486 e. The summed E-state index contributed by atoms with van der Waals surface area (Å²) >= 11 is 6.14. The molecule has 0 radical (unpaired) electrons. The van der Waals surface area contributed by atoms with Gasteiger partial charge in [0.2, 0.25) is 0 Å². The summed E-state index contributed by atoms with van der Waals surface area (Å²) in [4.78, 5) is 23.1. The third-order valence-corrected chi connectivity index (χ3v) is 3.95. The van der Waals surface area contributed by atoms with Crippen molar-refractivity contribution in [1.29, 1.82) is 0 Å². The van der Waals surface area contributed by atoms with E-state index in [0.29, 0.717) is 46.6 Å². The molecule has 0 spiro atoms. The first kappa shape index (κ1) is 18.1. The number of ketones is 1. The number of fused-ring (bicyclic) bond motifs is 1. The molecule has 0 saturated carbocycles. The number of hydrogen-bond acceptors (Lipinski definition) is 6. The number of hydrogen-bond donors (Lipinski definition) is 0. The van der Waals surface area contributed by atoms with Crippen LogP contribution in [0.3, 0.4) is 0 Å². The van der Waals surface area contributed by atoms with Gasteiger partial charge in [-0.2, -0.15) is 0 Å². The lowest BCUT2D eigenvalue weighted by Crippen LogP contribution is -2.17. The molecule has 7 heteroatoms. The Kier molecular flexibility index (Phi) is 5.63. The van der Waals surface area contributed by atoms with Crippen LogP contribution in [0.2, 0.25) is 5.02 Å². The Labute approximate surface area is 155 Å². The SMILES string of the molecule is CC(=O)c1ccc(OCC(=O)OCc2cc(Cl)c3c(c2)OCCO3)cc1. The molecule has 26 heavy (non-hydrogen) atoms. The van der Waals surface area contributed by atoms with Crippen LogP contribution in [0.5, 0.6) is 17.2 Å². The number of halogens is 1. The molecule has 0 aromatic heterocycles.